The average molecular weight is 393 g/mol. The van der Waals surface area contributed by atoms with Crippen LogP contribution in [0.25, 0.3) is 0 Å². The van der Waals surface area contributed by atoms with Gasteiger partial charge in [-0.2, -0.15) is 0 Å². The lowest BCUT2D eigenvalue weighted by Crippen LogP contribution is -2.17. The van der Waals surface area contributed by atoms with Crippen molar-refractivity contribution in [3.05, 3.63) is 47.0 Å². The Hall–Kier alpha value is -2.93. The van der Waals surface area contributed by atoms with Gasteiger partial charge in [-0.15, -0.1) is 0 Å². The number of nitrogens with one attached hydrogen (secondary N) is 1. The van der Waals surface area contributed by atoms with Crippen molar-refractivity contribution in [1.82, 2.24) is 0 Å². The van der Waals surface area contributed by atoms with Gasteiger partial charge in [0.15, 0.2) is 18.1 Å². The SMILES string of the molecule is CCOc1ccccc1NC(=O)CO/N=C/c1cc(Cl)c(OC)c(OC)c1. The first-order valence-electron chi connectivity index (χ1n) is 8.17. The number of carbonyl (C=O) groups is 1. The number of para-hydroxylation sites is 2. The summed E-state index contributed by atoms with van der Waals surface area (Å²) in [6, 6.07) is 10.5. The fourth-order valence-electron chi connectivity index (χ4n) is 2.24. The smallest absolute Gasteiger partial charge is 0.265 e. The molecular formula is C19H21ClN2O5. The quantitative estimate of drug-likeness (QED) is 0.519. The minimum Gasteiger partial charge on any atom is -0.493 e. The molecule has 0 saturated heterocycles. The minimum absolute atomic E-state index is 0.252. The molecule has 0 radical (unpaired) electrons. The number of oxime groups is 1. The standard InChI is InChI=1S/C19H21ClN2O5/c1-4-26-16-8-6-5-7-15(16)22-18(23)12-27-21-11-13-9-14(20)19(25-3)17(10-13)24-2/h5-11H,4,12H2,1-3H3,(H,22,23)/b21-11+. The first kappa shape index (κ1) is 20.4. The number of ether oxygens (including phenoxy) is 3. The highest BCUT2D eigenvalue weighted by Crippen LogP contribution is 2.35. The second-order valence-electron chi connectivity index (χ2n) is 5.22. The van der Waals surface area contributed by atoms with E-state index >= 15 is 0 Å². The zero-order valence-electron chi connectivity index (χ0n) is 15.3. The summed E-state index contributed by atoms with van der Waals surface area (Å²) in [5, 5.41) is 6.88. The van der Waals surface area contributed by atoms with E-state index in [0.717, 1.165) is 0 Å². The number of hydrogen-bond acceptors (Lipinski definition) is 6. The summed E-state index contributed by atoms with van der Waals surface area (Å²) in [7, 11) is 3.01. The molecule has 0 heterocycles. The van der Waals surface area contributed by atoms with Gasteiger partial charge in [-0.25, -0.2) is 0 Å². The van der Waals surface area contributed by atoms with Gasteiger partial charge in [0, 0.05) is 5.56 Å². The van der Waals surface area contributed by atoms with E-state index in [2.05, 4.69) is 10.5 Å². The van der Waals surface area contributed by atoms with E-state index in [-0.39, 0.29) is 12.5 Å². The molecule has 0 bridgehead atoms. The molecule has 7 nitrogen and oxygen atoms in total. The number of hydrogen-bond donors (Lipinski definition) is 1. The lowest BCUT2D eigenvalue weighted by molar-refractivity contribution is -0.120. The Morgan fingerprint density at radius 3 is 2.67 bits per heavy atom. The summed E-state index contributed by atoms with van der Waals surface area (Å²) < 4.78 is 15.8. The van der Waals surface area contributed by atoms with Gasteiger partial charge >= 0.3 is 0 Å². The highest BCUT2D eigenvalue weighted by Gasteiger charge is 2.10. The molecule has 27 heavy (non-hydrogen) atoms. The van der Waals surface area contributed by atoms with Crippen molar-refractivity contribution in [1.29, 1.82) is 0 Å². The number of carbonyl (C=O) groups excluding carboxylic acids is 1. The summed E-state index contributed by atoms with van der Waals surface area (Å²) in [5.74, 6) is 1.14. The number of rotatable bonds is 9. The molecule has 2 aromatic carbocycles. The van der Waals surface area contributed by atoms with Crippen LogP contribution in [-0.4, -0.2) is 39.6 Å². The molecule has 0 aliphatic heterocycles. The normalized spacial score (nSPS) is 10.5. The third-order valence-corrected chi connectivity index (χ3v) is 3.67. The molecule has 0 aliphatic rings. The fourth-order valence-corrected chi connectivity index (χ4v) is 2.54. The maximum absolute atomic E-state index is 12.0. The van der Waals surface area contributed by atoms with E-state index < -0.39 is 0 Å². The molecule has 0 unspecified atom stereocenters. The highest BCUT2D eigenvalue weighted by molar-refractivity contribution is 6.32. The summed E-state index contributed by atoms with van der Waals surface area (Å²) in [6.45, 7) is 2.12. The summed E-state index contributed by atoms with van der Waals surface area (Å²) in [5.41, 5.74) is 1.21. The summed E-state index contributed by atoms with van der Waals surface area (Å²) in [4.78, 5) is 17.0. The van der Waals surface area contributed by atoms with Crippen LogP contribution in [0.3, 0.4) is 0 Å². The molecule has 0 spiro atoms. The van der Waals surface area contributed by atoms with Gasteiger partial charge in [-0.1, -0.05) is 28.9 Å². The second kappa shape index (κ2) is 10.3. The van der Waals surface area contributed by atoms with Gasteiger partial charge in [0.05, 0.1) is 37.8 Å². The number of nitrogens with zero attached hydrogens (tertiary/aromatic N) is 1. The lowest BCUT2D eigenvalue weighted by atomic mass is 10.2. The summed E-state index contributed by atoms with van der Waals surface area (Å²) in [6.07, 6.45) is 1.43. The number of anilines is 1. The predicted octanol–water partition coefficient (Wildman–Crippen LogP) is 3.75. The van der Waals surface area contributed by atoms with Crippen molar-refractivity contribution >= 4 is 29.4 Å². The Balaban J connectivity index is 1.92. The lowest BCUT2D eigenvalue weighted by Gasteiger charge is -2.10. The molecule has 0 aliphatic carbocycles. The van der Waals surface area contributed by atoms with Gasteiger partial charge in [0.2, 0.25) is 0 Å². The summed E-state index contributed by atoms with van der Waals surface area (Å²) >= 11 is 6.12. The molecule has 2 aromatic rings. The van der Waals surface area contributed by atoms with Crippen molar-refractivity contribution in [2.45, 2.75) is 6.92 Å². The molecule has 0 aromatic heterocycles. The molecule has 0 fully saturated rings. The van der Waals surface area contributed by atoms with Crippen LogP contribution in [0.4, 0.5) is 5.69 Å². The van der Waals surface area contributed by atoms with Crippen molar-refractivity contribution in [3.63, 3.8) is 0 Å². The Morgan fingerprint density at radius 2 is 1.96 bits per heavy atom. The zero-order chi connectivity index (χ0) is 19.6. The van der Waals surface area contributed by atoms with Crippen LogP contribution in [0.1, 0.15) is 12.5 Å². The number of halogens is 1. The Labute approximate surface area is 162 Å². The van der Waals surface area contributed by atoms with Crippen LogP contribution in [0.2, 0.25) is 5.02 Å². The largest absolute Gasteiger partial charge is 0.493 e. The van der Waals surface area contributed by atoms with Gasteiger partial charge in [0.1, 0.15) is 5.75 Å². The monoisotopic (exact) mass is 392 g/mol. The molecule has 2 rings (SSSR count). The van der Waals surface area contributed by atoms with Gasteiger partial charge in [-0.3, -0.25) is 4.79 Å². The zero-order valence-corrected chi connectivity index (χ0v) is 16.1. The third kappa shape index (κ3) is 5.79. The molecule has 144 valence electrons. The van der Waals surface area contributed by atoms with Crippen LogP contribution in [0, 0.1) is 0 Å². The first-order valence-corrected chi connectivity index (χ1v) is 8.55. The first-order chi connectivity index (χ1) is 13.1. The van der Waals surface area contributed by atoms with Crippen LogP contribution >= 0.6 is 11.6 Å². The van der Waals surface area contributed by atoms with Crippen molar-refractivity contribution in [2.75, 3.05) is 32.8 Å². The van der Waals surface area contributed by atoms with Crippen LogP contribution in [0.15, 0.2) is 41.6 Å². The van der Waals surface area contributed by atoms with Crippen molar-refractivity contribution in [2.24, 2.45) is 5.16 Å². The molecule has 8 heteroatoms. The van der Waals surface area contributed by atoms with Crippen LogP contribution in [0.5, 0.6) is 17.2 Å². The predicted molar refractivity (Wildman–Crippen MR) is 104 cm³/mol. The third-order valence-electron chi connectivity index (χ3n) is 3.39. The van der Waals surface area contributed by atoms with E-state index in [9.17, 15) is 4.79 Å². The molecule has 1 amide bonds. The second-order valence-corrected chi connectivity index (χ2v) is 5.63. The molecular weight excluding hydrogens is 372 g/mol. The fraction of sp³-hybridized carbons (Fsp3) is 0.263. The Morgan fingerprint density at radius 1 is 1.19 bits per heavy atom. The maximum Gasteiger partial charge on any atom is 0.265 e. The Kier molecular flexibility index (Phi) is 7.76. The van der Waals surface area contributed by atoms with Crippen LogP contribution < -0.4 is 19.5 Å². The molecule has 1 N–H and O–H groups in total. The Bertz CT molecular complexity index is 811. The van der Waals surface area contributed by atoms with E-state index in [4.69, 9.17) is 30.6 Å². The van der Waals surface area contributed by atoms with E-state index in [1.165, 1.54) is 20.4 Å². The molecule has 0 atom stereocenters. The maximum atomic E-state index is 12.0. The number of amides is 1. The van der Waals surface area contributed by atoms with E-state index in [1.54, 1.807) is 30.3 Å². The topological polar surface area (TPSA) is 78.4 Å². The van der Waals surface area contributed by atoms with Crippen molar-refractivity contribution < 1.29 is 23.8 Å². The highest BCUT2D eigenvalue weighted by atomic mass is 35.5. The van der Waals surface area contributed by atoms with E-state index in [1.807, 2.05) is 13.0 Å². The minimum atomic E-state index is -0.357. The number of methoxy groups -OCH3 is 2. The molecule has 0 saturated carbocycles. The van der Waals surface area contributed by atoms with Gasteiger partial charge in [0.25, 0.3) is 5.91 Å². The number of benzene rings is 2. The van der Waals surface area contributed by atoms with Gasteiger partial charge < -0.3 is 24.4 Å². The van der Waals surface area contributed by atoms with Gasteiger partial charge in [-0.05, 0) is 31.2 Å². The van der Waals surface area contributed by atoms with E-state index in [0.29, 0.717) is 40.1 Å². The van der Waals surface area contributed by atoms with Crippen molar-refractivity contribution in [3.8, 4) is 17.2 Å². The van der Waals surface area contributed by atoms with Crippen LogP contribution in [-0.2, 0) is 9.63 Å². The average Bonchev–Trinajstić information content (AvgIpc) is 2.66.